The second-order valence-corrected chi connectivity index (χ2v) is 8.82. The Hall–Kier alpha value is -1.39. The molecular formula is C22H37N3O. The summed E-state index contributed by atoms with van der Waals surface area (Å²) in [5, 5.41) is 0. The Bertz CT molecular complexity index is 558. The van der Waals surface area contributed by atoms with Gasteiger partial charge in [0, 0.05) is 38.1 Å². The number of nitrogens with zero attached hydrogens (tertiary/aromatic N) is 3. The lowest BCUT2D eigenvalue weighted by molar-refractivity contribution is -0.136. The molecular weight excluding hydrogens is 322 g/mol. The molecule has 0 radical (unpaired) electrons. The highest BCUT2D eigenvalue weighted by atomic mass is 16.2. The van der Waals surface area contributed by atoms with Gasteiger partial charge in [-0.2, -0.15) is 0 Å². The second kappa shape index (κ2) is 9.01. The van der Waals surface area contributed by atoms with E-state index in [4.69, 9.17) is 0 Å². The smallest absolute Gasteiger partial charge is 0.223 e. The molecule has 1 aromatic rings. The molecule has 26 heavy (non-hydrogen) atoms. The number of hydrogen-bond donors (Lipinski definition) is 0. The minimum atomic E-state index is -0.131. The van der Waals surface area contributed by atoms with Crippen molar-refractivity contribution in [3.05, 3.63) is 35.9 Å². The number of carbonyl (C=O) groups excluding carboxylic acids is 1. The third-order valence-corrected chi connectivity index (χ3v) is 5.62. The normalized spacial score (nSPS) is 22.0. The Morgan fingerprint density at radius 2 is 1.69 bits per heavy atom. The van der Waals surface area contributed by atoms with Gasteiger partial charge in [-0.05, 0) is 51.9 Å². The predicted octanol–water partition coefficient (Wildman–Crippen LogP) is 3.23. The lowest BCUT2D eigenvalue weighted by Gasteiger charge is -2.45. The number of rotatable bonds is 7. The molecule has 146 valence electrons. The van der Waals surface area contributed by atoms with E-state index in [9.17, 15) is 4.79 Å². The van der Waals surface area contributed by atoms with E-state index in [0.717, 1.165) is 26.2 Å². The van der Waals surface area contributed by atoms with Gasteiger partial charge in [0.05, 0.1) is 0 Å². The van der Waals surface area contributed by atoms with Crippen molar-refractivity contribution in [2.45, 2.75) is 58.0 Å². The van der Waals surface area contributed by atoms with Gasteiger partial charge in [-0.15, -0.1) is 0 Å². The van der Waals surface area contributed by atoms with Gasteiger partial charge in [0.1, 0.15) is 0 Å². The minimum absolute atomic E-state index is 0.131. The summed E-state index contributed by atoms with van der Waals surface area (Å²) in [6.45, 7) is 12.8. The molecule has 1 aromatic carbocycles. The van der Waals surface area contributed by atoms with E-state index in [2.05, 4.69) is 80.8 Å². The first-order valence-corrected chi connectivity index (χ1v) is 9.94. The zero-order valence-electron chi connectivity index (χ0n) is 17.5. The fourth-order valence-corrected chi connectivity index (χ4v) is 4.05. The van der Waals surface area contributed by atoms with Crippen molar-refractivity contribution in [2.75, 3.05) is 40.3 Å². The Morgan fingerprint density at radius 1 is 1.12 bits per heavy atom. The highest BCUT2D eigenvalue weighted by Crippen LogP contribution is 2.28. The van der Waals surface area contributed by atoms with Crippen molar-refractivity contribution in [2.24, 2.45) is 0 Å². The molecule has 1 aliphatic rings. The third-order valence-electron chi connectivity index (χ3n) is 5.62. The Labute approximate surface area is 160 Å². The monoisotopic (exact) mass is 359 g/mol. The van der Waals surface area contributed by atoms with Crippen LogP contribution in [0.4, 0.5) is 0 Å². The van der Waals surface area contributed by atoms with Gasteiger partial charge in [-0.3, -0.25) is 9.69 Å². The second-order valence-electron chi connectivity index (χ2n) is 8.82. The summed E-state index contributed by atoms with van der Waals surface area (Å²) in [4.78, 5) is 19.9. The minimum Gasteiger partial charge on any atom is -0.340 e. The molecule has 1 heterocycles. The first-order valence-electron chi connectivity index (χ1n) is 9.94. The maximum Gasteiger partial charge on any atom is 0.223 e. The molecule has 2 rings (SSSR count). The fourth-order valence-electron chi connectivity index (χ4n) is 4.05. The van der Waals surface area contributed by atoms with Crippen LogP contribution in [0.2, 0.25) is 0 Å². The van der Waals surface area contributed by atoms with E-state index in [1.807, 2.05) is 6.07 Å². The van der Waals surface area contributed by atoms with Gasteiger partial charge in [0.15, 0.2) is 0 Å². The van der Waals surface area contributed by atoms with E-state index >= 15 is 0 Å². The molecule has 0 aromatic heterocycles. The van der Waals surface area contributed by atoms with Crippen LogP contribution in [0.1, 0.15) is 46.1 Å². The predicted molar refractivity (Wildman–Crippen MR) is 109 cm³/mol. The summed E-state index contributed by atoms with van der Waals surface area (Å²) in [6.07, 6.45) is 1.74. The molecule has 0 saturated carbocycles. The van der Waals surface area contributed by atoms with Crippen LogP contribution < -0.4 is 0 Å². The maximum absolute atomic E-state index is 13.0. The quantitative estimate of drug-likeness (QED) is 0.748. The van der Waals surface area contributed by atoms with Gasteiger partial charge in [-0.1, -0.05) is 44.2 Å². The Balaban J connectivity index is 1.93. The van der Waals surface area contributed by atoms with Crippen LogP contribution in [-0.4, -0.2) is 73.0 Å². The number of amides is 1. The van der Waals surface area contributed by atoms with Crippen LogP contribution in [-0.2, 0) is 10.2 Å². The molecule has 0 aliphatic carbocycles. The molecule has 2 unspecified atom stereocenters. The van der Waals surface area contributed by atoms with E-state index in [0.29, 0.717) is 18.5 Å². The number of benzene rings is 1. The average molecular weight is 360 g/mol. The van der Waals surface area contributed by atoms with Crippen molar-refractivity contribution in [3.63, 3.8) is 0 Å². The average Bonchev–Trinajstić information content (AvgIpc) is 2.57. The number of carbonyl (C=O) groups is 1. The van der Waals surface area contributed by atoms with Crippen LogP contribution in [0.25, 0.3) is 0 Å². The molecule has 1 saturated heterocycles. The summed E-state index contributed by atoms with van der Waals surface area (Å²) >= 11 is 0. The van der Waals surface area contributed by atoms with Crippen molar-refractivity contribution in [1.29, 1.82) is 0 Å². The van der Waals surface area contributed by atoms with Crippen LogP contribution in [0, 0.1) is 0 Å². The first kappa shape index (κ1) is 20.9. The molecule has 1 fully saturated rings. The highest BCUT2D eigenvalue weighted by Gasteiger charge is 2.34. The molecule has 4 nitrogen and oxygen atoms in total. The fraction of sp³-hybridized carbons (Fsp3) is 0.682. The Kier molecular flexibility index (Phi) is 7.24. The van der Waals surface area contributed by atoms with Gasteiger partial charge in [0.25, 0.3) is 0 Å². The first-order chi connectivity index (χ1) is 12.2. The molecule has 1 aliphatic heterocycles. The van der Waals surface area contributed by atoms with Gasteiger partial charge in [0.2, 0.25) is 5.91 Å². The zero-order valence-corrected chi connectivity index (χ0v) is 17.5. The number of piperazine rings is 1. The SMILES string of the molecule is CC1CN(C(=O)CC(C)(C)c2ccccc2)CC(C)N1CCCN(C)C. The summed E-state index contributed by atoms with van der Waals surface area (Å²) in [5.74, 6) is 0.283. The van der Waals surface area contributed by atoms with Crippen LogP contribution >= 0.6 is 0 Å². The molecule has 0 N–H and O–H groups in total. The van der Waals surface area contributed by atoms with Crippen molar-refractivity contribution < 1.29 is 4.79 Å². The summed E-state index contributed by atoms with van der Waals surface area (Å²) in [6, 6.07) is 11.2. The van der Waals surface area contributed by atoms with Gasteiger partial charge in [-0.25, -0.2) is 0 Å². The maximum atomic E-state index is 13.0. The summed E-state index contributed by atoms with van der Waals surface area (Å²) in [7, 11) is 4.25. The van der Waals surface area contributed by atoms with E-state index < -0.39 is 0 Å². The summed E-state index contributed by atoms with van der Waals surface area (Å²) in [5.41, 5.74) is 1.10. The number of hydrogen-bond acceptors (Lipinski definition) is 3. The van der Waals surface area contributed by atoms with E-state index in [-0.39, 0.29) is 11.3 Å². The van der Waals surface area contributed by atoms with Crippen LogP contribution in [0.3, 0.4) is 0 Å². The highest BCUT2D eigenvalue weighted by molar-refractivity contribution is 5.78. The largest absolute Gasteiger partial charge is 0.340 e. The van der Waals surface area contributed by atoms with E-state index in [1.165, 1.54) is 12.0 Å². The van der Waals surface area contributed by atoms with Gasteiger partial charge < -0.3 is 9.80 Å². The molecule has 0 bridgehead atoms. The van der Waals surface area contributed by atoms with Crippen molar-refractivity contribution >= 4 is 5.91 Å². The topological polar surface area (TPSA) is 26.8 Å². The van der Waals surface area contributed by atoms with Crippen LogP contribution in [0.5, 0.6) is 0 Å². The molecule has 0 spiro atoms. The van der Waals surface area contributed by atoms with Crippen molar-refractivity contribution in [3.8, 4) is 0 Å². The zero-order chi connectivity index (χ0) is 19.3. The summed E-state index contributed by atoms with van der Waals surface area (Å²) < 4.78 is 0. The third kappa shape index (κ3) is 5.55. The van der Waals surface area contributed by atoms with E-state index in [1.54, 1.807) is 0 Å². The lowest BCUT2D eigenvalue weighted by atomic mass is 9.81. The molecule has 2 atom stereocenters. The lowest BCUT2D eigenvalue weighted by Crippen LogP contribution is -2.58. The van der Waals surface area contributed by atoms with Crippen LogP contribution in [0.15, 0.2) is 30.3 Å². The molecule has 4 heteroatoms. The Morgan fingerprint density at radius 3 is 2.23 bits per heavy atom. The van der Waals surface area contributed by atoms with Gasteiger partial charge >= 0.3 is 0 Å². The standard InChI is InChI=1S/C22H37N3O/c1-18-16-24(17-19(2)25(18)14-10-13-23(5)6)21(26)15-22(3,4)20-11-8-7-9-12-20/h7-9,11-12,18-19H,10,13-17H2,1-6H3. The molecule has 1 amide bonds. The van der Waals surface area contributed by atoms with Crippen molar-refractivity contribution in [1.82, 2.24) is 14.7 Å².